The molecule has 0 radical (unpaired) electrons. The number of benzene rings is 2. The van der Waals surface area contributed by atoms with Gasteiger partial charge in [-0.1, -0.05) is 11.6 Å². The van der Waals surface area contributed by atoms with Gasteiger partial charge in [0.25, 0.3) is 5.56 Å². The summed E-state index contributed by atoms with van der Waals surface area (Å²) >= 11 is 7.66. The number of rotatable bonds is 6. The van der Waals surface area contributed by atoms with Crippen molar-refractivity contribution in [1.82, 2.24) is 23.9 Å². The van der Waals surface area contributed by atoms with Gasteiger partial charge in [0.2, 0.25) is 0 Å². The van der Waals surface area contributed by atoms with Crippen LogP contribution in [0.15, 0.2) is 57.7 Å². The van der Waals surface area contributed by atoms with Gasteiger partial charge in [0.1, 0.15) is 16.6 Å². The molecule has 5 rings (SSSR count). The van der Waals surface area contributed by atoms with Crippen molar-refractivity contribution in [1.29, 1.82) is 0 Å². The Morgan fingerprint density at radius 2 is 1.78 bits per heavy atom. The van der Waals surface area contributed by atoms with Gasteiger partial charge in [-0.3, -0.25) is 18.6 Å². The Kier molecular flexibility index (Phi) is 6.14. The number of hydrogen-bond donors (Lipinski definition) is 1. The number of aromatic nitrogens is 5. The van der Waals surface area contributed by atoms with Crippen molar-refractivity contribution in [2.75, 3.05) is 5.32 Å². The average Bonchev–Trinajstić information content (AvgIpc) is 3.46. The number of fused-ring (bicyclic) bond motifs is 1. The van der Waals surface area contributed by atoms with Gasteiger partial charge in [0.05, 0.1) is 29.3 Å². The zero-order valence-electron chi connectivity index (χ0n) is 18.5. The van der Waals surface area contributed by atoms with Crippen LogP contribution >= 0.6 is 22.9 Å². The summed E-state index contributed by atoms with van der Waals surface area (Å²) in [5.41, 5.74) is -0.741. The molecule has 13 heteroatoms. The molecule has 2 aromatic carbocycles. The van der Waals surface area contributed by atoms with Crippen LogP contribution < -0.4 is 16.6 Å². The van der Waals surface area contributed by atoms with Gasteiger partial charge in [-0.15, -0.1) is 11.3 Å². The number of thiazole rings is 1. The first-order chi connectivity index (χ1) is 17.2. The second-order valence-electron chi connectivity index (χ2n) is 7.92. The molecular weight excluding hydrogens is 517 g/mol. The monoisotopic (exact) mass is 532 g/mol. The molecule has 0 unspecified atom stereocenters. The molecule has 3 aromatic heterocycles. The topological polar surface area (TPSA) is 86.7 Å². The molecule has 3 heterocycles. The van der Waals surface area contributed by atoms with E-state index < -0.39 is 35.2 Å². The van der Waals surface area contributed by atoms with Crippen molar-refractivity contribution in [3.05, 3.63) is 102 Å². The fourth-order valence-electron chi connectivity index (χ4n) is 3.74. The molecule has 0 aliphatic heterocycles. The van der Waals surface area contributed by atoms with Gasteiger partial charge in [0, 0.05) is 47.9 Å². The predicted molar refractivity (Wildman–Crippen MR) is 131 cm³/mol. The molecule has 0 atom stereocenters. The lowest BCUT2D eigenvalue weighted by Crippen LogP contribution is -2.40. The van der Waals surface area contributed by atoms with E-state index in [9.17, 15) is 22.8 Å². The lowest BCUT2D eigenvalue weighted by molar-refractivity contribution is 0.486. The van der Waals surface area contributed by atoms with Crippen LogP contribution in [0.3, 0.4) is 0 Å². The third-order valence-electron chi connectivity index (χ3n) is 5.44. The minimum atomic E-state index is -1.35. The zero-order chi connectivity index (χ0) is 25.6. The SMILES string of the molecule is Cn1cc2cc(Nc3cc(=O)n(Cc4nccs4)c(=O)n3Cc3cc(F)c(F)cc3F)c(Cl)cc2n1. The zero-order valence-corrected chi connectivity index (χ0v) is 20.1. The van der Waals surface area contributed by atoms with Gasteiger partial charge < -0.3 is 5.32 Å². The van der Waals surface area contributed by atoms with Gasteiger partial charge in [0.15, 0.2) is 11.6 Å². The van der Waals surface area contributed by atoms with Crippen molar-refractivity contribution in [3.63, 3.8) is 0 Å². The summed E-state index contributed by atoms with van der Waals surface area (Å²) in [5.74, 6) is -3.68. The molecule has 0 spiro atoms. The van der Waals surface area contributed by atoms with E-state index in [4.69, 9.17) is 11.6 Å². The minimum absolute atomic E-state index is 0.0188. The van der Waals surface area contributed by atoms with Crippen LogP contribution in [-0.2, 0) is 20.1 Å². The molecule has 0 bridgehead atoms. The minimum Gasteiger partial charge on any atom is -0.340 e. The third kappa shape index (κ3) is 4.52. The lowest BCUT2D eigenvalue weighted by Gasteiger charge is -2.17. The molecular formula is C23H16ClF3N6O2S. The fourth-order valence-corrected chi connectivity index (χ4v) is 4.55. The second-order valence-corrected chi connectivity index (χ2v) is 9.31. The second kappa shape index (κ2) is 9.28. The van der Waals surface area contributed by atoms with E-state index in [-0.39, 0.29) is 22.9 Å². The fraction of sp³-hybridized carbons (Fsp3) is 0.130. The summed E-state index contributed by atoms with van der Waals surface area (Å²) in [5, 5.41) is 10.4. The Hall–Kier alpha value is -3.90. The van der Waals surface area contributed by atoms with Crippen LogP contribution in [0.1, 0.15) is 10.6 Å². The lowest BCUT2D eigenvalue weighted by atomic mass is 10.2. The summed E-state index contributed by atoms with van der Waals surface area (Å²) in [6.07, 6.45) is 3.29. The first-order valence-corrected chi connectivity index (χ1v) is 11.7. The highest BCUT2D eigenvalue weighted by molar-refractivity contribution is 7.09. The number of nitrogens with zero attached hydrogens (tertiary/aromatic N) is 5. The molecule has 0 amide bonds. The predicted octanol–water partition coefficient (Wildman–Crippen LogP) is 4.26. The van der Waals surface area contributed by atoms with Crippen molar-refractivity contribution < 1.29 is 13.2 Å². The molecule has 8 nitrogen and oxygen atoms in total. The first-order valence-electron chi connectivity index (χ1n) is 10.5. The Balaban J connectivity index is 1.65. The van der Waals surface area contributed by atoms with Crippen molar-refractivity contribution >= 4 is 45.3 Å². The summed E-state index contributed by atoms with van der Waals surface area (Å²) in [4.78, 5) is 30.4. The number of halogens is 4. The van der Waals surface area contributed by atoms with Gasteiger partial charge in [-0.05, 0) is 18.2 Å². The van der Waals surface area contributed by atoms with Crippen LogP contribution in [0.5, 0.6) is 0 Å². The molecule has 0 fully saturated rings. The third-order valence-corrected chi connectivity index (χ3v) is 6.52. The summed E-state index contributed by atoms with van der Waals surface area (Å²) in [7, 11) is 1.75. The Morgan fingerprint density at radius 3 is 2.53 bits per heavy atom. The summed E-state index contributed by atoms with van der Waals surface area (Å²) in [6, 6.07) is 5.52. The highest BCUT2D eigenvalue weighted by Crippen LogP contribution is 2.30. The number of hydrogen-bond acceptors (Lipinski definition) is 6. The standard InChI is InChI=1S/C23H16ClF3N6O2S/c1-31-9-13-5-19(14(24)6-18(13)30-31)29-20-8-22(34)33(11-21-28-2-3-36-21)23(35)32(20)10-12-4-16(26)17(27)7-15(12)25/h2-9,29H,10-11H2,1H3. The average molecular weight is 533 g/mol. The molecule has 184 valence electrons. The van der Waals surface area contributed by atoms with Crippen LogP contribution in [0, 0.1) is 17.5 Å². The smallest absolute Gasteiger partial charge is 0.333 e. The summed E-state index contributed by atoms with van der Waals surface area (Å²) < 4.78 is 45.4. The molecule has 0 aliphatic rings. The molecule has 0 saturated carbocycles. The van der Waals surface area contributed by atoms with E-state index in [0.29, 0.717) is 28.3 Å². The van der Waals surface area contributed by atoms with E-state index in [1.807, 2.05) is 0 Å². The quantitative estimate of drug-likeness (QED) is 0.330. The maximum Gasteiger partial charge on any atom is 0.333 e. The van der Waals surface area contributed by atoms with Gasteiger partial charge in [-0.2, -0.15) is 5.10 Å². The molecule has 36 heavy (non-hydrogen) atoms. The van der Waals surface area contributed by atoms with E-state index in [2.05, 4.69) is 15.4 Å². The van der Waals surface area contributed by atoms with Gasteiger partial charge in [-0.25, -0.2) is 22.9 Å². The van der Waals surface area contributed by atoms with Crippen LogP contribution in [0.25, 0.3) is 10.9 Å². The number of anilines is 2. The Labute approximate surface area is 209 Å². The van der Waals surface area contributed by atoms with Crippen molar-refractivity contribution in [2.45, 2.75) is 13.1 Å². The van der Waals surface area contributed by atoms with Crippen LogP contribution in [-0.4, -0.2) is 23.9 Å². The highest BCUT2D eigenvalue weighted by Gasteiger charge is 2.18. The largest absolute Gasteiger partial charge is 0.340 e. The van der Waals surface area contributed by atoms with Crippen LogP contribution in [0.2, 0.25) is 5.02 Å². The molecule has 5 aromatic rings. The Morgan fingerprint density at radius 1 is 1.00 bits per heavy atom. The molecule has 1 N–H and O–H groups in total. The van der Waals surface area contributed by atoms with Gasteiger partial charge >= 0.3 is 5.69 Å². The number of aryl methyl sites for hydroxylation is 1. The normalized spacial score (nSPS) is 11.4. The molecule has 0 aliphatic carbocycles. The van der Waals surface area contributed by atoms with E-state index in [0.717, 1.165) is 20.6 Å². The first kappa shape index (κ1) is 23.8. The maximum absolute atomic E-state index is 14.5. The number of nitrogens with one attached hydrogen (secondary N) is 1. The maximum atomic E-state index is 14.5. The molecule has 0 saturated heterocycles. The van der Waals surface area contributed by atoms with E-state index in [1.165, 1.54) is 17.5 Å². The summed E-state index contributed by atoms with van der Waals surface area (Å²) in [6.45, 7) is -0.604. The highest BCUT2D eigenvalue weighted by atomic mass is 35.5. The van der Waals surface area contributed by atoms with E-state index >= 15 is 0 Å². The van der Waals surface area contributed by atoms with Crippen molar-refractivity contribution in [2.24, 2.45) is 7.05 Å². The Bertz CT molecular complexity index is 1730. The van der Waals surface area contributed by atoms with Crippen LogP contribution in [0.4, 0.5) is 24.7 Å². The van der Waals surface area contributed by atoms with E-state index in [1.54, 1.807) is 35.4 Å². The van der Waals surface area contributed by atoms with Crippen molar-refractivity contribution in [3.8, 4) is 0 Å².